The third-order valence-corrected chi connectivity index (χ3v) is 5.42. The van der Waals surface area contributed by atoms with Crippen molar-refractivity contribution in [2.75, 3.05) is 11.4 Å². The van der Waals surface area contributed by atoms with E-state index in [1.54, 1.807) is 0 Å². The molecule has 7 nitrogen and oxygen atoms in total. The lowest BCUT2D eigenvalue weighted by molar-refractivity contribution is -0.190. The highest BCUT2D eigenvalue weighted by Gasteiger charge is 2.49. The number of halogens is 6. The third kappa shape index (κ3) is 7.29. The van der Waals surface area contributed by atoms with E-state index in [9.17, 15) is 40.7 Å². The first-order valence-corrected chi connectivity index (χ1v) is 11.2. The van der Waals surface area contributed by atoms with Gasteiger partial charge in [-0.1, -0.05) is 36.8 Å². The number of hydrogen-bond acceptors (Lipinski definition) is 5. The maximum atomic E-state index is 13.8. The summed E-state index contributed by atoms with van der Waals surface area (Å²) in [6.07, 6.45) is -9.97. The Morgan fingerprint density at radius 2 is 1.43 bits per heavy atom. The summed E-state index contributed by atoms with van der Waals surface area (Å²) >= 11 is 0. The Balaban J connectivity index is 2.62. The second-order valence-corrected chi connectivity index (χ2v) is 8.10. The van der Waals surface area contributed by atoms with Crippen LogP contribution >= 0.6 is 0 Å². The Hall–Kier alpha value is -3.45. The lowest BCUT2D eigenvalue weighted by Crippen LogP contribution is -2.58. The molecule has 202 valence electrons. The van der Waals surface area contributed by atoms with Crippen LogP contribution in [0.3, 0.4) is 0 Å². The van der Waals surface area contributed by atoms with Crippen molar-refractivity contribution in [3.63, 3.8) is 0 Å². The monoisotopic (exact) mass is 532 g/mol. The third-order valence-electron chi connectivity index (χ3n) is 5.42. The van der Waals surface area contributed by atoms with Gasteiger partial charge in [-0.25, -0.2) is 0 Å². The molecule has 0 heterocycles. The fourth-order valence-electron chi connectivity index (χ4n) is 3.58. The normalized spacial score (nSPS) is 13.5. The zero-order chi connectivity index (χ0) is 28.0. The number of imide groups is 1. The van der Waals surface area contributed by atoms with Gasteiger partial charge in [-0.2, -0.15) is 26.3 Å². The maximum Gasteiger partial charge on any atom is 0.471 e. The Labute approximate surface area is 209 Å². The smallest absolute Gasteiger partial charge is 0.330 e. The van der Waals surface area contributed by atoms with Crippen LogP contribution in [-0.2, 0) is 20.6 Å². The molecule has 2 aromatic carbocycles. The Kier molecular flexibility index (Phi) is 9.81. The molecule has 3 amide bonds. The van der Waals surface area contributed by atoms with E-state index in [-0.39, 0.29) is 30.0 Å². The molecule has 0 spiro atoms. The maximum absolute atomic E-state index is 13.8. The summed E-state index contributed by atoms with van der Waals surface area (Å²) < 4.78 is 81.7. The van der Waals surface area contributed by atoms with Crippen LogP contribution in [0.4, 0.5) is 37.7 Å². The summed E-state index contributed by atoms with van der Waals surface area (Å²) in [6, 6.07) is 7.00. The number of nitrogens with zero attached hydrogens (tertiary/aromatic N) is 2. The van der Waals surface area contributed by atoms with Crippen LogP contribution in [0.2, 0.25) is 0 Å². The van der Waals surface area contributed by atoms with Gasteiger partial charge in [0, 0.05) is 5.69 Å². The molecular formula is C24H26F6N4O3. The van der Waals surface area contributed by atoms with Crippen molar-refractivity contribution in [1.29, 1.82) is 0 Å². The summed E-state index contributed by atoms with van der Waals surface area (Å²) in [4.78, 5) is 38.9. The van der Waals surface area contributed by atoms with E-state index in [0.717, 1.165) is 19.1 Å². The molecule has 0 saturated carbocycles. The highest BCUT2D eigenvalue weighted by molar-refractivity contribution is 6.10. The van der Waals surface area contributed by atoms with Crippen LogP contribution in [0.1, 0.15) is 31.7 Å². The molecule has 4 N–H and O–H groups in total. The summed E-state index contributed by atoms with van der Waals surface area (Å²) in [5.74, 6) is -5.54. The first-order chi connectivity index (χ1) is 17.2. The molecule has 2 atom stereocenters. The average Bonchev–Trinajstić information content (AvgIpc) is 2.84. The van der Waals surface area contributed by atoms with E-state index in [4.69, 9.17) is 11.5 Å². The molecule has 0 aliphatic rings. The summed E-state index contributed by atoms with van der Waals surface area (Å²) in [5.41, 5.74) is 9.01. The molecule has 0 saturated heterocycles. The highest BCUT2D eigenvalue weighted by atomic mass is 19.4. The molecule has 13 heteroatoms. The van der Waals surface area contributed by atoms with Crippen LogP contribution < -0.4 is 16.4 Å². The van der Waals surface area contributed by atoms with Crippen molar-refractivity contribution in [2.45, 2.75) is 50.6 Å². The van der Waals surface area contributed by atoms with Crippen LogP contribution in [0.25, 0.3) is 0 Å². The van der Waals surface area contributed by atoms with Gasteiger partial charge in [0.05, 0.1) is 17.3 Å². The zero-order valence-electron chi connectivity index (χ0n) is 19.7. The van der Waals surface area contributed by atoms with Gasteiger partial charge in [0.1, 0.15) is 6.04 Å². The van der Waals surface area contributed by atoms with Gasteiger partial charge in [-0.15, -0.1) is 0 Å². The van der Waals surface area contributed by atoms with E-state index in [1.165, 1.54) is 36.4 Å². The molecule has 0 aliphatic heterocycles. The van der Waals surface area contributed by atoms with Gasteiger partial charge in [-0.3, -0.25) is 24.2 Å². The van der Waals surface area contributed by atoms with Gasteiger partial charge >= 0.3 is 18.3 Å². The number of nitrogens with two attached hydrogens (primary N) is 2. The van der Waals surface area contributed by atoms with Crippen molar-refractivity contribution in [1.82, 2.24) is 4.90 Å². The molecule has 0 fully saturated rings. The van der Waals surface area contributed by atoms with Gasteiger partial charge < -0.3 is 11.5 Å². The quantitative estimate of drug-likeness (QED) is 0.373. The summed E-state index contributed by atoms with van der Waals surface area (Å²) in [5, 5.41) is 0. The SMILES string of the molecule is C[C@@H](C(=O)N(c1ccccc1)c1ccccc1C(F)(F)F)N(C(=O)[C@@H](N)CCCCN)C(=O)C(F)(F)F. The topological polar surface area (TPSA) is 110 Å². The lowest BCUT2D eigenvalue weighted by Gasteiger charge is -2.34. The van der Waals surface area contributed by atoms with Crippen molar-refractivity contribution in [3.8, 4) is 0 Å². The van der Waals surface area contributed by atoms with Gasteiger partial charge in [0.25, 0.3) is 5.91 Å². The minimum Gasteiger partial charge on any atom is -0.330 e. The lowest BCUT2D eigenvalue weighted by atomic mass is 10.1. The van der Waals surface area contributed by atoms with Crippen molar-refractivity contribution in [2.24, 2.45) is 11.5 Å². The molecule has 0 aromatic heterocycles. The Morgan fingerprint density at radius 1 is 0.865 bits per heavy atom. The summed E-state index contributed by atoms with van der Waals surface area (Å²) in [7, 11) is 0. The number of rotatable bonds is 9. The summed E-state index contributed by atoms with van der Waals surface area (Å²) in [6.45, 7) is 1.05. The number of amides is 3. The number of hydrogen-bond donors (Lipinski definition) is 2. The van der Waals surface area contributed by atoms with Gasteiger partial charge in [0.2, 0.25) is 5.91 Å². The van der Waals surface area contributed by atoms with Crippen LogP contribution in [0.5, 0.6) is 0 Å². The Bertz CT molecular complexity index is 1090. The Morgan fingerprint density at radius 3 is 1.97 bits per heavy atom. The predicted molar refractivity (Wildman–Crippen MR) is 123 cm³/mol. The average molecular weight is 532 g/mol. The molecule has 37 heavy (non-hydrogen) atoms. The van der Waals surface area contributed by atoms with Crippen LogP contribution in [-0.4, -0.2) is 47.4 Å². The number of carbonyl (C=O) groups is 3. The molecule has 0 aliphatic carbocycles. The zero-order valence-corrected chi connectivity index (χ0v) is 19.7. The fourth-order valence-corrected chi connectivity index (χ4v) is 3.58. The van der Waals surface area contributed by atoms with Crippen LogP contribution in [0, 0.1) is 0 Å². The standard InChI is InChI=1S/C24H26F6N4O3/c1-15(33(22(37)24(28,29)30)21(36)18(32)12-7-8-14-31)20(35)34(16-9-3-2-4-10-16)19-13-6-5-11-17(19)23(25,26)27/h2-6,9-11,13,15,18H,7-8,12,14,31-32H2,1H3/t15-,18-/m0/s1. The van der Waals surface area contributed by atoms with Crippen molar-refractivity contribution >= 4 is 29.1 Å². The van der Waals surface area contributed by atoms with E-state index < -0.39 is 53.4 Å². The van der Waals surface area contributed by atoms with E-state index >= 15 is 0 Å². The van der Waals surface area contributed by atoms with Gasteiger partial charge in [0.15, 0.2) is 0 Å². The highest BCUT2D eigenvalue weighted by Crippen LogP contribution is 2.39. The number of anilines is 2. The number of alkyl halides is 6. The molecule has 2 rings (SSSR count). The number of para-hydroxylation sites is 2. The second kappa shape index (κ2) is 12.2. The molecule has 0 bridgehead atoms. The predicted octanol–water partition coefficient (Wildman–Crippen LogP) is 4.13. The number of unbranched alkanes of at least 4 members (excludes halogenated alkanes) is 1. The molecule has 2 aromatic rings. The van der Waals surface area contributed by atoms with E-state index in [0.29, 0.717) is 17.4 Å². The molecular weight excluding hydrogens is 506 g/mol. The minimum absolute atomic E-state index is 0.127. The minimum atomic E-state index is -5.57. The first-order valence-electron chi connectivity index (χ1n) is 11.2. The van der Waals surface area contributed by atoms with E-state index in [2.05, 4.69) is 0 Å². The van der Waals surface area contributed by atoms with E-state index in [1.807, 2.05) is 0 Å². The second-order valence-electron chi connectivity index (χ2n) is 8.10. The fraction of sp³-hybridized carbons (Fsp3) is 0.375. The molecule has 0 radical (unpaired) electrons. The first kappa shape index (κ1) is 29.8. The van der Waals surface area contributed by atoms with Gasteiger partial charge in [-0.05, 0) is 50.6 Å². The molecule has 0 unspecified atom stereocenters. The number of carbonyl (C=O) groups excluding carboxylic acids is 3. The largest absolute Gasteiger partial charge is 0.471 e. The van der Waals surface area contributed by atoms with Crippen LogP contribution in [0.15, 0.2) is 54.6 Å². The van der Waals surface area contributed by atoms with Crippen molar-refractivity contribution < 1.29 is 40.7 Å². The number of benzene rings is 2. The van der Waals surface area contributed by atoms with Crippen molar-refractivity contribution in [3.05, 3.63) is 60.2 Å².